The van der Waals surface area contributed by atoms with E-state index in [-0.39, 0.29) is 17.0 Å². The Morgan fingerprint density at radius 3 is 2.50 bits per heavy atom. The largest absolute Gasteiger partial charge is 0.493 e. The van der Waals surface area contributed by atoms with Crippen LogP contribution in [0, 0.1) is 18.3 Å². The van der Waals surface area contributed by atoms with Crippen molar-refractivity contribution >= 4 is 23.3 Å². The molecule has 2 aromatic heterocycles. The molecule has 0 aliphatic carbocycles. The van der Waals surface area contributed by atoms with E-state index in [4.69, 9.17) is 9.47 Å². The van der Waals surface area contributed by atoms with Gasteiger partial charge in [-0.05, 0) is 48.9 Å². The number of carbonyl (C=O) groups is 1. The van der Waals surface area contributed by atoms with Gasteiger partial charge in [0, 0.05) is 11.9 Å². The van der Waals surface area contributed by atoms with E-state index in [1.54, 1.807) is 60.8 Å². The van der Waals surface area contributed by atoms with Crippen LogP contribution in [-0.2, 0) is 4.79 Å². The van der Waals surface area contributed by atoms with Crippen molar-refractivity contribution in [1.82, 2.24) is 9.38 Å². The number of rotatable bonds is 6. The third-order valence-electron chi connectivity index (χ3n) is 5.06. The van der Waals surface area contributed by atoms with Crippen LogP contribution in [0.2, 0.25) is 0 Å². The molecular formula is C26H20N4O4. The third kappa shape index (κ3) is 4.49. The number of nitriles is 1. The molecule has 0 fully saturated rings. The lowest BCUT2D eigenvalue weighted by molar-refractivity contribution is -0.112. The maximum atomic E-state index is 13.3. The molecule has 0 aliphatic heterocycles. The zero-order valence-electron chi connectivity index (χ0n) is 18.5. The van der Waals surface area contributed by atoms with Crippen LogP contribution in [0.1, 0.15) is 11.1 Å². The third-order valence-corrected chi connectivity index (χ3v) is 5.06. The van der Waals surface area contributed by atoms with Crippen LogP contribution in [0.4, 0.5) is 5.69 Å². The predicted molar refractivity (Wildman–Crippen MR) is 128 cm³/mol. The lowest BCUT2D eigenvalue weighted by atomic mass is 10.1. The van der Waals surface area contributed by atoms with E-state index in [0.717, 1.165) is 5.56 Å². The zero-order valence-corrected chi connectivity index (χ0v) is 18.5. The van der Waals surface area contributed by atoms with Crippen LogP contribution in [-0.4, -0.2) is 22.4 Å². The highest BCUT2D eigenvalue weighted by Crippen LogP contribution is 2.31. The van der Waals surface area contributed by atoms with Crippen molar-refractivity contribution in [1.29, 1.82) is 5.26 Å². The van der Waals surface area contributed by atoms with Gasteiger partial charge in [0.1, 0.15) is 22.9 Å². The number of para-hydroxylation sites is 3. The molecule has 0 spiro atoms. The first-order valence-electron chi connectivity index (χ1n) is 10.3. The van der Waals surface area contributed by atoms with Gasteiger partial charge >= 0.3 is 0 Å². The van der Waals surface area contributed by atoms with E-state index in [1.807, 2.05) is 25.1 Å². The van der Waals surface area contributed by atoms with E-state index in [1.165, 1.54) is 17.6 Å². The van der Waals surface area contributed by atoms with Crippen molar-refractivity contribution in [3.63, 3.8) is 0 Å². The number of ether oxygens (including phenoxy) is 2. The summed E-state index contributed by atoms with van der Waals surface area (Å²) < 4.78 is 12.6. The van der Waals surface area contributed by atoms with Gasteiger partial charge in [0.2, 0.25) is 5.88 Å². The Morgan fingerprint density at radius 1 is 1.06 bits per heavy atom. The second-order valence-electron chi connectivity index (χ2n) is 7.26. The summed E-state index contributed by atoms with van der Waals surface area (Å²) in [5, 5.41) is 12.4. The van der Waals surface area contributed by atoms with Crippen molar-refractivity contribution in [3.8, 4) is 23.4 Å². The number of methoxy groups -OCH3 is 1. The number of pyridine rings is 1. The number of aromatic nitrogens is 2. The lowest BCUT2D eigenvalue weighted by Crippen LogP contribution is -2.20. The minimum Gasteiger partial charge on any atom is -0.493 e. The number of anilines is 1. The highest BCUT2D eigenvalue weighted by atomic mass is 16.5. The fourth-order valence-electron chi connectivity index (χ4n) is 3.29. The number of hydrogen-bond donors (Lipinski definition) is 1. The van der Waals surface area contributed by atoms with Gasteiger partial charge in [-0.2, -0.15) is 10.2 Å². The molecule has 0 unspecified atom stereocenters. The number of amides is 1. The van der Waals surface area contributed by atoms with E-state index >= 15 is 0 Å². The molecule has 168 valence electrons. The van der Waals surface area contributed by atoms with Crippen molar-refractivity contribution in [2.45, 2.75) is 6.92 Å². The topological polar surface area (TPSA) is 106 Å². The van der Waals surface area contributed by atoms with Gasteiger partial charge in [-0.25, -0.2) is 0 Å². The standard InChI is InChI=1S/C26H20N4O4/c1-17-9-3-4-10-20(17)28-24(31)18(16-27)15-19-25(34-22-12-6-5-11-21(22)33-2)29-23-13-7-8-14-30(23)26(19)32/h3-15H,1-2H3,(H,28,31)/b18-15-. The van der Waals surface area contributed by atoms with Crippen LogP contribution in [0.15, 0.2) is 83.3 Å². The summed E-state index contributed by atoms with van der Waals surface area (Å²) in [4.78, 5) is 30.6. The SMILES string of the molecule is COc1ccccc1Oc1nc2ccccn2c(=O)c1/C=C(/C#N)C(=O)Nc1ccccc1C. The first-order valence-corrected chi connectivity index (χ1v) is 10.3. The molecule has 1 amide bonds. The Kier molecular flexibility index (Phi) is 6.37. The number of benzene rings is 2. The summed E-state index contributed by atoms with van der Waals surface area (Å²) >= 11 is 0. The van der Waals surface area contributed by atoms with Crippen LogP contribution >= 0.6 is 0 Å². The number of aryl methyl sites for hydroxylation is 1. The summed E-state index contributed by atoms with van der Waals surface area (Å²) in [5.41, 5.74) is 0.923. The van der Waals surface area contributed by atoms with Crippen LogP contribution in [0.5, 0.6) is 17.4 Å². The van der Waals surface area contributed by atoms with Gasteiger partial charge in [0.25, 0.3) is 11.5 Å². The Bertz CT molecular complexity index is 1520. The lowest BCUT2D eigenvalue weighted by Gasteiger charge is -2.12. The van der Waals surface area contributed by atoms with Crippen molar-refractivity contribution in [2.24, 2.45) is 0 Å². The second-order valence-corrected chi connectivity index (χ2v) is 7.26. The maximum Gasteiger partial charge on any atom is 0.269 e. The van der Waals surface area contributed by atoms with Gasteiger partial charge in [-0.3, -0.25) is 14.0 Å². The first-order chi connectivity index (χ1) is 16.5. The number of carbonyl (C=O) groups excluding carboxylic acids is 1. The smallest absolute Gasteiger partial charge is 0.269 e. The van der Waals surface area contributed by atoms with E-state index in [2.05, 4.69) is 10.3 Å². The van der Waals surface area contributed by atoms with Crippen LogP contribution in [0.3, 0.4) is 0 Å². The van der Waals surface area contributed by atoms with Crippen molar-refractivity contribution in [2.75, 3.05) is 12.4 Å². The minimum atomic E-state index is -0.655. The number of fused-ring (bicyclic) bond motifs is 1. The maximum absolute atomic E-state index is 13.3. The fourth-order valence-corrected chi connectivity index (χ4v) is 3.29. The molecule has 0 saturated carbocycles. The molecule has 2 aromatic carbocycles. The summed E-state index contributed by atoms with van der Waals surface area (Å²) in [6, 6.07) is 21.0. The van der Waals surface area contributed by atoms with Crippen LogP contribution in [0.25, 0.3) is 11.7 Å². The number of hydrogen-bond acceptors (Lipinski definition) is 6. The summed E-state index contributed by atoms with van der Waals surface area (Å²) in [7, 11) is 1.50. The van der Waals surface area contributed by atoms with Gasteiger partial charge in [0.15, 0.2) is 11.5 Å². The normalized spacial score (nSPS) is 11.0. The van der Waals surface area contributed by atoms with Gasteiger partial charge < -0.3 is 14.8 Å². The number of nitrogens with zero attached hydrogens (tertiary/aromatic N) is 3. The summed E-state index contributed by atoms with van der Waals surface area (Å²) in [6.45, 7) is 1.84. The Morgan fingerprint density at radius 2 is 1.76 bits per heavy atom. The molecule has 0 bridgehead atoms. The molecule has 0 atom stereocenters. The van der Waals surface area contributed by atoms with Gasteiger partial charge in [0.05, 0.1) is 7.11 Å². The minimum absolute atomic E-state index is 0.0499. The molecule has 1 N–H and O–H groups in total. The average Bonchev–Trinajstić information content (AvgIpc) is 2.85. The molecule has 0 radical (unpaired) electrons. The second kappa shape index (κ2) is 9.71. The fraction of sp³-hybridized carbons (Fsp3) is 0.0769. The Hall–Kier alpha value is -4.90. The Balaban J connectivity index is 1.83. The molecular weight excluding hydrogens is 432 g/mol. The van der Waals surface area contributed by atoms with Crippen molar-refractivity contribution in [3.05, 3.63) is 100.0 Å². The van der Waals surface area contributed by atoms with E-state index < -0.39 is 11.5 Å². The van der Waals surface area contributed by atoms with Crippen molar-refractivity contribution < 1.29 is 14.3 Å². The molecule has 0 saturated heterocycles. The molecule has 4 aromatic rings. The Labute approximate surface area is 195 Å². The van der Waals surface area contributed by atoms with E-state index in [9.17, 15) is 14.9 Å². The first kappa shape index (κ1) is 22.3. The quantitative estimate of drug-likeness (QED) is 0.344. The number of nitrogens with one attached hydrogen (secondary N) is 1. The molecule has 34 heavy (non-hydrogen) atoms. The molecule has 0 aliphatic rings. The molecule has 2 heterocycles. The molecule has 8 nitrogen and oxygen atoms in total. The van der Waals surface area contributed by atoms with Gasteiger partial charge in [-0.15, -0.1) is 0 Å². The average molecular weight is 452 g/mol. The monoisotopic (exact) mass is 452 g/mol. The zero-order chi connectivity index (χ0) is 24.1. The van der Waals surface area contributed by atoms with Crippen LogP contribution < -0.4 is 20.3 Å². The van der Waals surface area contributed by atoms with Gasteiger partial charge in [-0.1, -0.05) is 36.4 Å². The van der Waals surface area contributed by atoms with E-state index in [0.29, 0.717) is 22.8 Å². The molecule has 8 heteroatoms. The highest BCUT2D eigenvalue weighted by molar-refractivity contribution is 6.10. The molecule has 4 rings (SSSR count). The summed E-state index contributed by atoms with van der Waals surface area (Å²) in [5.74, 6) is 0.0507. The predicted octanol–water partition coefficient (Wildman–Crippen LogP) is 4.35. The summed E-state index contributed by atoms with van der Waals surface area (Å²) in [6.07, 6.45) is 2.74. The highest BCUT2D eigenvalue weighted by Gasteiger charge is 2.18.